The van der Waals surface area contributed by atoms with E-state index in [9.17, 15) is 14.4 Å². The highest BCUT2D eigenvalue weighted by molar-refractivity contribution is 5.99. The van der Waals surface area contributed by atoms with Gasteiger partial charge < -0.3 is 19.7 Å². The second kappa shape index (κ2) is 11.4. The molecule has 2 aromatic carbocycles. The molecule has 1 aliphatic heterocycles. The highest BCUT2D eigenvalue weighted by atomic mass is 19.1. The molecular weight excluding hydrogens is 535 g/mol. The molecule has 226 valence electrons. The molecule has 0 unspecified atom stereocenters. The van der Waals surface area contributed by atoms with Crippen LogP contribution in [0.15, 0.2) is 30.3 Å². The van der Waals surface area contributed by atoms with Gasteiger partial charge in [-0.05, 0) is 104 Å². The van der Waals surface area contributed by atoms with Crippen LogP contribution in [0.3, 0.4) is 0 Å². The van der Waals surface area contributed by atoms with Crippen LogP contribution < -0.4 is 5.32 Å². The second-order valence-electron chi connectivity index (χ2n) is 13.8. The number of hydrogen-bond donors (Lipinski definition) is 1. The van der Waals surface area contributed by atoms with Crippen molar-refractivity contribution in [3.63, 3.8) is 0 Å². The average Bonchev–Trinajstić information content (AvgIpc) is 3.18. The van der Waals surface area contributed by atoms with Crippen molar-refractivity contribution in [3.8, 4) is 0 Å². The molecule has 0 aromatic heterocycles. The number of benzene rings is 2. The summed E-state index contributed by atoms with van der Waals surface area (Å²) in [6.45, 7) is 10.5. The normalized spacial score (nSPS) is 22.5. The number of methoxy groups -OCH3 is 1. The maximum absolute atomic E-state index is 15.2. The Bertz CT molecular complexity index is 1390. The molecule has 0 bridgehead atoms. The van der Waals surface area contributed by atoms with Gasteiger partial charge in [-0.2, -0.15) is 0 Å². The van der Waals surface area contributed by atoms with E-state index in [1.807, 2.05) is 58.9 Å². The molecule has 42 heavy (non-hydrogen) atoms. The van der Waals surface area contributed by atoms with Gasteiger partial charge in [0, 0.05) is 31.7 Å². The SMILES string of the molecule is COCc1ccc2c(c1)CCN(C(=O)[C@H]1C[C@H](CC(=O)OC(C)(C)C)C1)[C@H]2C(=O)Nc1cc(F)c2c(c1)CCC2(C)C. The third-order valence-electron chi connectivity index (χ3n) is 8.87. The molecule has 0 saturated heterocycles. The highest BCUT2D eigenvalue weighted by Gasteiger charge is 2.44. The van der Waals surface area contributed by atoms with E-state index < -0.39 is 11.6 Å². The number of ether oxygens (including phenoxy) is 2. The number of anilines is 1. The summed E-state index contributed by atoms with van der Waals surface area (Å²) >= 11 is 0. The Morgan fingerprint density at radius 1 is 1.07 bits per heavy atom. The zero-order valence-corrected chi connectivity index (χ0v) is 25.6. The second-order valence-corrected chi connectivity index (χ2v) is 13.8. The summed E-state index contributed by atoms with van der Waals surface area (Å²) in [5, 5.41) is 2.95. The molecular formula is C34H43FN2O5. The fourth-order valence-electron chi connectivity index (χ4n) is 6.89. The molecule has 8 heteroatoms. The van der Waals surface area contributed by atoms with Crippen LogP contribution in [0.1, 0.15) is 94.2 Å². The smallest absolute Gasteiger partial charge is 0.306 e. The number of nitrogens with one attached hydrogen (secondary N) is 1. The van der Waals surface area contributed by atoms with Crippen molar-refractivity contribution >= 4 is 23.5 Å². The van der Waals surface area contributed by atoms with Gasteiger partial charge in [0.1, 0.15) is 17.5 Å². The fourth-order valence-corrected chi connectivity index (χ4v) is 6.89. The number of hydrogen-bond acceptors (Lipinski definition) is 5. The monoisotopic (exact) mass is 578 g/mol. The maximum Gasteiger partial charge on any atom is 0.306 e. The summed E-state index contributed by atoms with van der Waals surface area (Å²) in [6.07, 6.45) is 3.71. The predicted octanol–water partition coefficient (Wildman–Crippen LogP) is 6.02. The Labute approximate surface area is 248 Å². The molecule has 2 aromatic rings. The first-order valence-electron chi connectivity index (χ1n) is 15.0. The molecule has 2 aliphatic carbocycles. The number of carbonyl (C=O) groups is 3. The van der Waals surface area contributed by atoms with Gasteiger partial charge in [-0.1, -0.05) is 32.0 Å². The molecule has 3 aliphatic rings. The van der Waals surface area contributed by atoms with Gasteiger partial charge in [-0.25, -0.2) is 4.39 Å². The molecule has 2 amide bonds. The number of fused-ring (bicyclic) bond motifs is 2. The first-order chi connectivity index (χ1) is 19.8. The third kappa shape index (κ3) is 6.24. The van der Waals surface area contributed by atoms with Crippen molar-refractivity contribution in [1.29, 1.82) is 0 Å². The Hall–Kier alpha value is -3.26. The van der Waals surface area contributed by atoms with Crippen molar-refractivity contribution in [1.82, 2.24) is 4.90 Å². The summed E-state index contributed by atoms with van der Waals surface area (Å²) in [5.74, 6) is -1.15. The van der Waals surface area contributed by atoms with Gasteiger partial charge in [-0.15, -0.1) is 0 Å². The van der Waals surface area contributed by atoms with Gasteiger partial charge in [0.05, 0.1) is 6.61 Å². The van der Waals surface area contributed by atoms with Crippen LogP contribution in [0.4, 0.5) is 10.1 Å². The largest absolute Gasteiger partial charge is 0.460 e. The number of nitrogens with zero attached hydrogens (tertiary/aromatic N) is 1. The number of carbonyl (C=O) groups excluding carboxylic acids is 3. The Morgan fingerprint density at radius 3 is 2.50 bits per heavy atom. The van der Waals surface area contributed by atoms with E-state index in [2.05, 4.69) is 5.32 Å². The summed E-state index contributed by atoms with van der Waals surface area (Å²) in [7, 11) is 1.64. The molecule has 0 spiro atoms. The van der Waals surface area contributed by atoms with Crippen LogP contribution in [0.5, 0.6) is 0 Å². The van der Waals surface area contributed by atoms with E-state index in [0.29, 0.717) is 38.1 Å². The van der Waals surface area contributed by atoms with E-state index in [1.54, 1.807) is 12.0 Å². The molecule has 0 radical (unpaired) electrons. The molecule has 1 fully saturated rings. The van der Waals surface area contributed by atoms with Crippen LogP contribution in [0, 0.1) is 17.7 Å². The first-order valence-corrected chi connectivity index (χ1v) is 15.0. The molecule has 5 rings (SSSR count). The Kier molecular flexibility index (Phi) is 8.23. The Balaban J connectivity index is 1.36. The zero-order valence-electron chi connectivity index (χ0n) is 25.6. The van der Waals surface area contributed by atoms with E-state index in [1.165, 1.54) is 6.07 Å². The summed E-state index contributed by atoms with van der Waals surface area (Å²) in [6, 6.07) is 8.30. The van der Waals surface area contributed by atoms with Gasteiger partial charge in [0.25, 0.3) is 5.91 Å². The van der Waals surface area contributed by atoms with Crippen molar-refractivity contribution in [2.45, 2.75) is 96.8 Å². The van der Waals surface area contributed by atoms with E-state index in [4.69, 9.17) is 9.47 Å². The average molecular weight is 579 g/mol. The maximum atomic E-state index is 15.2. The van der Waals surface area contributed by atoms with Gasteiger partial charge in [0.2, 0.25) is 5.91 Å². The van der Waals surface area contributed by atoms with Gasteiger partial charge in [0.15, 0.2) is 0 Å². The predicted molar refractivity (Wildman–Crippen MR) is 158 cm³/mol. The highest BCUT2D eigenvalue weighted by Crippen LogP contribution is 2.43. The van der Waals surface area contributed by atoms with Crippen molar-refractivity contribution in [3.05, 3.63) is 64.0 Å². The number of aryl methyl sites for hydroxylation is 1. The van der Waals surface area contributed by atoms with Gasteiger partial charge in [-0.3, -0.25) is 14.4 Å². The Morgan fingerprint density at radius 2 is 1.81 bits per heavy atom. The van der Waals surface area contributed by atoms with Crippen molar-refractivity contribution < 1.29 is 28.2 Å². The summed E-state index contributed by atoms with van der Waals surface area (Å²) in [5.41, 5.74) is 4.05. The lowest BCUT2D eigenvalue weighted by atomic mass is 9.72. The minimum Gasteiger partial charge on any atom is -0.460 e. The van der Waals surface area contributed by atoms with E-state index in [0.717, 1.165) is 40.7 Å². The molecule has 1 atom stereocenters. The third-order valence-corrected chi connectivity index (χ3v) is 8.87. The topological polar surface area (TPSA) is 84.9 Å². The van der Waals surface area contributed by atoms with Crippen molar-refractivity contribution in [2.24, 2.45) is 11.8 Å². The minimum absolute atomic E-state index is 0.0795. The van der Waals surface area contributed by atoms with E-state index >= 15 is 4.39 Å². The lowest BCUT2D eigenvalue weighted by molar-refractivity contribution is -0.159. The number of halogens is 1. The van der Waals surface area contributed by atoms with Crippen LogP contribution in [0.2, 0.25) is 0 Å². The molecule has 7 nitrogen and oxygen atoms in total. The van der Waals surface area contributed by atoms with Crippen LogP contribution in [0.25, 0.3) is 0 Å². The fraction of sp³-hybridized carbons (Fsp3) is 0.559. The summed E-state index contributed by atoms with van der Waals surface area (Å²) < 4.78 is 26.0. The molecule has 1 heterocycles. The van der Waals surface area contributed by atoms with Crippen LogP contribution in [-0.2, 0) is 48.7 Å². The lowest BCUT2D eigenvalue weighted by Crippen LogP contribution is -2.50. The molecule has 1 N–H and O–H groups in total. The molecule has 1 saturated carbocycles. The van der Waals surface area contributed by atoms with Crippen LogP contribution >= 0.6 is 0 Å². The van der Waals surface area contributed by atoms with E-state index in [-0.39, 0.29) is 47.3 Å². The van der Waals surface area contributed by atoms with Gasteiger partial charge >= 0.3 is 5.97 Å². The minimum atomic E-state index is -0.837. The quantitative estimate of drug-likeness (QED) is 0.407. The number of rotatable bonds is 7. The zero-order chi connectivity index (χ0) is 30.4. The van der Waals surface area contributed by atoms with Crippen LogP contribution in [-0.4, -0.2) is 41.9 Å². The summed E-state index contributed by atoms with van der Waals surface area (Å²) in [4.78, 5) is 41.7. The first kappa shape index (κ1) is 30.2. The lowest BCUT2D eigenvalue weighted by Gasteiger charge is -2.42. The number of amides is 2. The van der Waals surface area contributed by atoms with Crippen molar-refractivity contribution in [2.75, 3.05) is 19.0 Å². The standard InChI is InChI=1S/C34H43FN2O5/c1-33(2,3)42-28(38)16-21-14-24(15-21)32(40)37-12-10-22-13-20(19-41-6)7-8-26(22)30(37)31(39)36-25-17-23-9-11-34(4,5)29(23)27(35)18-25/h7-8,13,17-18,21,24,30H,9-12,14-16,19H2,1-6H3,(H,36,39)/t21-,24-,30-/m1/s1. The number of esters is 1.